The summed E-state index contributed by atoms with van der Waals surface area (Å²) in [6.45, 7) is 1.90. The fraction of sp³-hybridized carbons (Fsp3) is 0.400. The molecule has 0 aromatic heterocycles. The van der Waals surface area contributed by atoms with E-state index in [1.165, 1.54) is 0 Å². The van der Waals surface area contributed by atoms with E-state index in [9.17, 15) is 5.11 Å². The lowest BCUT2D eigenvalue weighted by Crippen LogP contribution is -2.29. The molecule has 0 aliphatic rings. The molecule has 14 heavy (non-hydrogen) atoms. The molecule has 2 N–H and O–H groups in total. The van der Waals surface area contributed by atoms with Gasteiger partial charge in [-0.2, -0.15) is 0 Å². The summed E-state index contributed by atoms with van der Waals surface area (Å²) < 4.78 is 0.833. The molecule has 0 saturated carbocycles. The molecule has 0 spiro atoms. The molecule has 2 nitrogen and oxygen atoms in total. The fourth-order valence-electron chi connectivity index (χ4n) is 1.20. The maximum atomic E-state index is 9.97. The van der Waals surface area contributed by atoms with Gasteiger partial charge in [0.25, 0.3) is 0 Å². The van der Waals surface area contributed by atoms with Crippen LogP contribution in [0.5, 0.6) is 0 Å². The first-order valence-corrected chi connectivity index (χ1v) is 5.54. The van der Waals surface area contributed by atoms with Crippen LogP contribution in [0, 0.1) is 0 Å². The Kier molecular flexibility index (Phi) is 4.38. The fourth-order valence-corrected chi connectivity index (χ4v) is 2.20. The second kappa shape index (κ2) is 5.12. The summed E-state index contributed by atoms with van der Waals surface area (Å²) >= 11 is 9.38. The average molecular weight is 279 g/mol. The van der Waals surface area contributed by atoms with Crippen LogP contribution < -0.4 is 5.32 Å². The Balaban J connectivity index is 3.05. The summed E-state index contributed by atoms with van der Waals surface area (Å²) in [6, 6.07) is 5.44. The predicted octanol–water partition coefficient (Wildman–Crippen LogP) is 2.74. The molecule has 0 fully saturated rings. The zero-order chi connectivity index (χ0) is 10.7. The molecule has 0 bridgehead atoms. The summed E-state index contributed by atoms with van der Waals surface area (Å²) in [4.78, 5) is 0. The Bertz CT molecular complexity index is 299. The molecule has 0 aliphatic heterocycles. The molecule has 78 valence electrons. The van der Waals surface area contributed by atoms with E-state index >= 15 is 0 Å². The maximum absolute atomic E-state index is 9.97. The van der Waals surface area contributed by atoms with Gasteiger partial charge in [-0.25, -0.2) is 0 Å². The van der Waals surface area contributed by atoms with Gasteiger partial charge in [-0.15, -0.1) is 0 Å². The Labute approximate surface area is 97.4 Å². The number of halogens is 2. The first kappa shape index (κ1) is 12.0. The normalized spacial score (nSPS) is 15.2. The van der Waals surface area contributed by atoms with Crippen LogP contribution in [0.25, 0.3) is 0 Å². The molecule has 0 aliphatic carbocycles. The van der Waals surface area contributed by atoms with Crippen molar-refractivity contribution < 1.29 is 5.11 Å². The van der Waals surface area contributed by atoms with Crippen molar-refractivity contribution in [1.82, 2.24) is 5.32 Å². The van der Waals surface area contributed by atoms with Crippen LogP contribution in [-0.4, -0.2) is 18.2 Å². The second-order valence-electron chi connectivity index (χ2n) is 3.16. The number of nitrogens with one attached hydrogen (secondary N) is 1. The third-order valence-electron chi connectivity index (χ3n) is 2.22. The number of aliphatic hydroxyl groups excluding tert-OH is 1. The smallest absolute Gasteiger partial charge is 0.0965 e. The summed E-state index contributed by atoms with van der Waals surface area (Å²) in [5, 5.41) is 13.5. The second-order valence-corrected chi connectivity index (χ2v) is 4.42. The average Bonchev–Trinajstić information content (AvgIpc) is 2.16. The van der Waals surface area contributed by atoms with Crippen molar-refractivity contribution in [2.75, 3.05) is 7.05 Å². The Morgan fingerprint density at radius 2 is 2.14 bits per heavy atom. The van der Waals surface area contributed by atoms with E-state index in [1.54, 1.807) is 13.1 Å². The Morgan fingerprint density at radius 3 is 2.64 bits per heavy atom. The van der Waals surface area contributed by atoms with Crippen LogP contribution in [-0.2, 0) is 0 Å². The molecule has 1 aromatic rings. The highest BCUT2D eigenvalue weighted by molar-refractivity contribution is 9.10. The van der Waals surface area contributed by atoms with Gasteiger partial charge in [0.2, 0.25) is 0 Å². The zero-order valence-corrected chi connectivity index (χ0v) is 10.4. The third kappa shape index (κ3) is 2.48. The van der Waals surface area contributed by atoms with Crippen molar-refractivity contribution in [1.29, 1.82) is 0 Å². The van der Waals surface area contributed by atoms with E-state index in [0.717, 1.165) is 10.0 Å². The summed E-state index contributed by atoms with van der Waals surface area (Å²) in [6.07, 6.45) is -0.608. The van der Waals surface area contributed by atoms with E-state index in [1.807, 2.05) is 19.1 Å². The standard InChI is InChI=1S/C10H13BrClNO/c1-6(13-2)10(14)9-7(11)4-3-5-8(9)12/h3-6,10,13-14H,1-2H3/t6-,10?/m0/s1. The predicted molar refractivity (Wildman–Crippen MR) is 62.6 cm³/mol. The van der Waals surface area contributed by atoms with E-state index in [4.69, 9.17) is 11.6 Å². The maximum Gasteiger partial charge on any atom is 0.0965 e. The molecule has 0 radical (unpaired) electrons. The van der Waals surface area contributed by atoms with Crippen molar-refractivity contribution in [3.05, 3.63) is 33.3 Å². The van der Waals surface area contributed by atoms with Gasteiger partial charge in [0.1, 0.15) is 0 Å². The lowest BCUT2D eigenvalue weighted by atomic mass is 10.0. The topological polar surface area (TPSA) is 32.3 Å². The number of likely N-dealkylation sites (N-methyl/N-ethyl adjacent to an activating group) is 1. The summed E-state index contributed by atoms with van der Waals surface area (Å²) in [5.41, 5.74) is 0.732. The van der Waals surface area contributed by atoms with E-state index in [-0.39, 0.29) is 6.04 Å². The molecule has 0 amide bonds. The van der Waals surface area contributed by atoms with Crippen molar-refractivity contribution in [3.8, 4) is 0 Å². The van der Waals surface area contributed by atoms with Crippen LogP contribution in [0.2, 0.25) is 5.02 Å². The number of benzene rings is 1. The zero-order valence-electron chi connectivity index (χ0n) is 8.09. The van der Waals surface area contributed by atoms with Crippen LogP contribution in [0.1, 0.15) is 18.6 Å². The minimum atomic E-state index is -0.608. The van der Waals surface area contributed by atoms with Gasteiger partial charge in [0, 0.05) is 21.1 Å². The highest BCUT2D eigenvalue weighted by atomic mass is 79.9. The number of rotatable bonds is 3. The highest BCUT2D eigenvalue weighted by Gasteiger charge is 2.19. The van der Waals surface area contributed by atoms with Crippen molar-refractivity contribution in [3.63, 3.8) is 0 Å². The van der Waals surface area contributed by atoms with Gasteiger partial charge in [-0.05, 0) is 26.1 Å². The molecule has 0 heterocycles. The molecule has 1 unspecified atom stereocenters. The molecule has 2 atom stereocenters. The van der Waals surface area contributed by atoms with Crippen LogP contribution in [0.3, 0.4) is 0 Å². The Morgan fingerprint density at radius 1 is 1.50 bits per heavy atom. The molecule has 0 saturated heterocycles. The Hall–Kier alpha value is -0.0900. The quantitative estimate of drug-likeness (QED) is 0.891. The first-order valence-electron chi connectivity index (χ1n) is 4.37. The summed E-state index contributed by atoms with van der Waals surface area (Å²) in [7, 11) is 1.80. The van der Waals surface area contributed by atoms with Crippen molar-refractivity contribution in [2.24, 2.45) is 0 Å². The van der Waals surface area contributed by atoms with E-state index in [0.29, 0.717) is 5.02 Å². The van der Waals surface area contributed by atoms with E-state index in [2.05, 4.69) is 21.2 Å². The lowest BCUT2D eigenvalue weighted by Gasteiger charge is -2.20. The molecular weight excluding hydrogens is 265 g/mol. The summed E-state index contributed by atoms with van der Waals surface area (Å²) in [5.74, 6) is 0. The molecule has 1 aromatic carbocycles. The van der Waals surface area contributed by atoms with Gasteiger partial charge < -0.3 is 10.4 Å². The minimum Gasteiger partial charge on any atom is -0.387 e. The number of aliphatic hydroxyl groups is 1. The van der Waals surface area contributed by atoms with Gasteiger partial charge in [0.05, 0.1) is 6.10 Å². The number of hydrogen-bond acceptors (Lipinski definition) is 2. The van der Waals surface area contributed by atoms with Gasteiger partial charge >= 0.3 is 0 Å². The van der Waals surface area contributed by atoms with Crippen molar-refractivity contribution >= 4 is 27.5 Å². The van der Waals surface area contributed by atoms with Gasteiger partial charge in [-0.1, -0.05) is 33.6 Å². The lowest BCUT2D eigenvalue weighted by molar-refractivity contribution is 0.139. The molecule has 1 rings (SSSR count). The van der Waals surface area contributed by atoms with Crippen molar-refractivity contribution in [2.45, 2.75) is 19.1 Å². The third-order valence-corrected chi connectivity index (χ3v) is 3.25. The minimum absolute atomic E-state index is 0.0359. The van der Waals surface area contributed by atoms with E-state index < -0.39 is 6.10 Å². The largest absolute Gasteiger partial charge is 0.387 e. The number of hydrogen-bond donors (Lipinski definition) is 2. The van der Waals surface area contributed by atoms with Gasteiger partial charge in [0.15, 0.2) is 0 Å². The SMILES string of the molecule is CN[C@@H](C)C(O)c1c(Cl)cccc1Br. The highest BCUT2D eigenvalue weighted by Crippen LogP contribution is 2.31. The van der Waals surface area contributed by atoms with Gasteiger partial charge in [-0.3, -0.25) is 0 Å². The molecular formula is C10H13BrClNO. The van der Waals surface area contributed by atoms with Crippen LogP contribution >= 0.6 is 27.5 Å². The monoisotopic (exact) mass is 277 g/mol. The first-order chi connectivity index (χ1) is 6.57. The molecule has 4 heteroatoms. The van der Waals surface area contributed by atoms with Crippen LogP contribution in [0.15, 0.2) is 22.7 Å². The van der Waals surface area contributed by atoms with Crippen LogP contribution in [0.4, 0.5) is 0 Å².